The first-order valence-electron chi connectivity index (χ1n) is 4.20. The summed E-state index contributed by atoms with van der Waals surface area (Å²) in [7, 11) is 0. The standard InChI is InChI=1S/C9H9FN4/c1-6-3-4-9(8(10)5-6)14-7(2)11-12-13-14/h3-5H,1-2H3. The van der Waals surface area contributed by atoms with Crippen LogP contribution in [-0.4, -0.2) is 20.2 Å². The lowest BCUT2D eigenvalue weighted by molar-refractivity contribution is 0.603. The van der Waals surface area contributed by atoms with Crippen LogP contribution in [0.4, 0.5) is 4.39 Å². The zero-order chi connectivity index (χ0) is 10.1. The van der Waals surface area contributed by atoms with Crippen LogP contribution in [0.25, 0.3) is 5.69 Å². The largest absolute Gasteiger partial charge is 0.205 e. The predicted octanol–water partition coefficient (Wildman–Crippen LogP) is 1.42. The maximum absolute atomic E-state index is 13.5. The van der Waals surface area contributed by atoms with Crippen LogP contribution in [0.1, 0.15) is 11.4 Å². The van der Waals surface area contributed by atoms with E-state index >= 15 is 0 Å². The molecule has 0 saturated carbocycles. The van der Waals surface area contributed by atoms with Crippen LogP contribution in [0, 0.1) is 19.7 Å². The minimum atomic E-state index is -0.319. The molecule has 5 heteroatoms. The molecule has 4 nitrogen and oxygen atoms in total. The molecule has 14 heavy (non-hydrogen) atoms. The Labute approximate surface area is 80.4 Å². The molecule has 0 aliphatic carbocycles. The van der Waals surface area contributed by atoms with E-state index in [2.05, 4.69) is 15.5 Å². The van der Waals surface area contributed by atoms with Crippen LogP contribution in [0.3, 0.4) is 0 Å². The van der Waals surface area contributed by atoms with E-state index in [9.17, 15) is 4.39 Å². The van der Waals surface area contributed by atoms with E-state index in [1.165, 1.54) is 10.7 Å². The maximum Gasteiger partial charge on any atom is 0.153 e. The summed E-state index contributed by atoms with van der Waals surface area (Å²) in [5.74, 6) is 0.244. The number of nitrogens with zero attached hydrogens (tertiary/aromatic N) is 4. The lowest BCUT2D eigenvalue weighted by Gasteiger charge is -2.03. The highest BCUT2D eigenvalue weighted by atomic mass is 19.1. The Bertz CT molecular complexity index is 464. The molecule has 0 bridgehead atoms. The molecule has 1 heterocycles. The van der Waals surface area contributed by atoms with Gasteiger partial charge in [0, 0.05) is 0 Å². The second-order valence-corrected chi connectivity index (χ2v) is 3.09. The highest BCUT2D eigenvalue weighted by molar-refractivity contribution is 5.35. The van der Waals surface area contributed by atoms with Crippen molar-refractivity contribution in [1.29, 1.82) is 0 Å². The molecule has 0 amide bonds. The van der Waals surface area contributed by atoms with E-state index < -0.39 is 0 Å². The van der Waals surface area contributed by atoms with Gasteiger partial charge in [-0.2, -0.15) is 4.68 Å². The minimum absolute atomic E-state index is 0.319. The summed E-state index contributed by atoms with van der Waals surface area (Å²) in [6, 6.07) is 4.93. The fraction of sp³-hybridized carbons (Fsp3) is 0.222. The SMILES string of the molecule is Cc1ccc(-n2nnnc2C)c(F)c1. The molecule has 0 unspecified atom stereocenters. The maximum atomic E-state index is 13.5. The van der Waals surface area contributed by atoms with Crippen molar-refractivity contribution in [1.82, 2.24) is 20.2 Å². The average Bonchev–Trinajstić information content (AvgIpc) is 2.52. The third-order valence-electron chi connectivity index (χ3n) is 1.96. The van der Waals surface area contributed by atoms with E-state index in [0.717, 1.165) is 5.56 Å². The second-order valence-electron chi connectivity index (χ2n) is 3.09. The number of halogens is 1. The minimum Gasteiger partial charge on any atom is -0.205 e. The molecule has 0 atom stereocenters. The number of benzene rings is 1. The fourth-order valence-electron chi connectivity index (χ4n) is 1.24. The quantitative estimate of drug-likeness (QED) is 0.686. The summed E-state index contributed by atoms with van der Waals surface area (Å²) in [4.78, 5) is 0. The van der Waals surface area contributed by atoms with Crippen LogP contribution in [0.2, 0.25) is 0 Å². The van der Waals surface area contributed by atoms with Crippen molar-refractivity contribution in [2.45, 2.75) is 13.8 Å². The van der Waals surface area contributed by atoms with Gasteiger partial charge in [0.1, 0.15) is 11.5 Å². The Kier molecular flexibility index (Phi) is 1.99. The van der Waals surface area contributed by atoms with Crippen LogP contribution in [0.15, 0.2) is 18.2 Å². The molecule has 0 spiro atoms. The molecule has 0 N–H and O–H groups in total. The van der Waals surface area contributed by atoms with Crippen molar-refractivity contribution in [3.8, 4) is 5.69 Å². The van der Waals surface area contributed by atoms with Gasteiger partial charge in [-0.3, -0.25) is 0 Å². The van der Waals surface area contributed by atoms with Crippen molar-refractivity contribution in [2.75, 3.05) is 0 Å². The van der Waals surface area contributed by atoms with Crippen LogP contribution < -0.4 is 0 Å². The highest BCUT2D eigenvalue weighted by Crippen LogP contribution is 2.14. The molecule has 0 radical (unpaired) electrons. The van der Waals surface area contributed by atoms with Crippen molar-refractivity contribution in [3.05, 3.63) is 35.4 Å². The van der Waals surface area contributed by atoms with E-state index in [4.69, 9.17) is 0 Å². The Balaban J connectivity index is 2.58. The summed E-state index contributed by atoms with van der Waals surface area (Å²) in [5, 5.41) is 10.8. The van der Waals surface area contributed by atoms with Gasteiger partial charge in [0.15, 0.2) is 5.82 Å². The molecule has 0 fully saturated rings. The van der Waals surface area contributed by atoms with Crippen molar-refractivity contribution in [2.24, 2.45) is 0 Å². The predicted molar refractivity (Wildman–Crippen MR) is 48.6 cm³/mol. The van der Waals surface area contributed by atoms with Gasteiger partial charge in [-0.25, -0.2) is 4.39 Å². The smallest absolute Gasteiger partial charge is 0.153 e. The summed E-state index contributed by atoms with van der Waals surface area (Å²) >= 11 is 0. The number of tetrazole rings is 1. The zero-order valence-corrected chi connectivity index (χ0v) is 7.90. The highest BCUT2D eigenvalue weighted by Gasteiger charge is 2.08. The van der Waals surface area contributed by atoms with Gasteiger partial charge in [-0.1, -0.05) is 6.07 Å². The van der Waals surface area contributed by atoms with Crippen molar-refractivity contribution < 1.29 is 4.39 Å². The van der Waals surface area contributed by atoms with Crippen LogP contribution in [0.5, 0.6) is 0 Å². The topological polar surface area (TPSA) is 43.6 Å². The zero-order valence-electron chi connectivity index (χ0n) is 7.90. The number of aromatic nitrogens is 4. The Morgan fingerprint density at radius 1 is 1.29 bits per heavy atom. The van der Waals surface area contributed by atoms with Gasteiger partial charge in [-0.15, -0.1) is 5.10 Å². The summed E-state index contributed by atoms with van der Waals surface area (Å²) in [6.45, 7) is 3.55. The monoisotopic (exact) mass is 192 g/mol. The first kappa shape index (κ1) is 8.80. The van der Waals surface area contributed by atoms with Crippen LogP contribution >= 0.6 is 0 Å². The molecule has 1 aromatic carbocycles. The average molecular weight is 192 g/mol. The Hall–Kier alpha value is -1.78. The molecule has 0 saturated heterocycles. The third-order valence-corrected chi connectivity index (χ3v) is 1.96. The van der Waals surface area contributed by atoms with Gasteiger partial charge < -0.3 is 0 Å². The van der Waals surface area contributed by atoms with Gasteiger partial charge in [0.25, 0.3) is 0 Å². The fourth-order valence-corrected chi connectivity index (χ4v) is 1.24. The molecule has 0 aliphatic rings. The van der Waals surface area contributed by atoms with Crippen molar-refractivity contribution >= 4 is 0 Å². The van der Waals surface area contributed by atoms with Gasteiger partial charge in [0.2, 0.25) is 0 Å². The Morgan fingerprint density at radius 3 is 2.64 bits per heavy atom. The Morgan fingerprint density at radius 2 is 2.07 bits per heavy atom. The summed E-state index contributed by atoms with van der Waals surface area (Å²) < 4.78 is 14.8. The number of aryl methyl sites for hydroxylation is 2. The van der Waals surface area contributed by atoms with E-state index in [1.54, 1.807) is 13.0 Å². The lowest BCUT2D eigenvalue weighted by atomic mass is 10.2. The molecule has 2 aromatic rings. The number of rotatable bonds is 1. The molecule has 2 rings (SSSR count). The van der Waals surface area contributed by atoms with E-state index in [0.29, 0.717) is 11.5 Å². The normalized spacial score (nSPS) is 10.5. The van der Waals surface area contributed by atoms with Gasteiger partial charge in [0.05, 0.1) is 0 Å². The first-order valence-corrected chi connectivity index (χ1v) is 4.20. The number of hydrogen-bond acceptors (Lipinski definition) is 3. The molecule has 72 valence electrons. The summed E-state index contributed by atoms with van der Waals surface area (Å²) in [5.41, 5.74) is 1.25. The molecule has 0 aliphatic heterocycles. The first-order chi connectivity index (χ1) is 6.68. The van der Waals surface area contributed by atoms with E-state index in [-0.39, 0.29) is 5.82 Å². The molecular weight excluding hydrogens is 183 g/mol. The van der Waals surface area contributed by atoms with E-state index in [1.807, 2.05) is 13.0 Å². The van der Waals surface area contributed by atoms with Gasteiger partial charge >= 0.3 is 0 Å². The van der Waals surface area contributed by atoms with Gasteiger partial charge in [-0.05, 0) is 42.0 Å². The second kappa shape index (κ2) is 3.17. The van der Waals surface area contributed by atoms with Crippen LogP contribution in [-0.2, 0) is 0 Å². The van der Waals surface area contributed by atoms with Crippen molar-refractivity contribution in [3.63, 3.8) is 0 Å². The lowest BCUT2D eigenvalue weighted by Crippen LogP contribution is -2.02. The number of hydrogen-bond donors (Lipinski definition) is 0. The third kappa shape index (κ3) is 1.37. The molecule has 1 aromatic heterocycles. The molecular formula is C9H9FN4. The summed E-state index contributed by atoms with van der Waals surface area (Å²) in [6.07, 6.45) is 0.